The Morgan fingerprint density at radius 2 is 2.07 bits per heavy atom. The number of rotatable bonds is 3. The van der Waals surface area contributed by atoms with Crippen molar-refractivity contribution in [3.05, 3.63) is 11.1 Å². The van der Waals surface area contributed by atoms with E-state index in [0.29, 0.717) is 5.25 Å². The summed E-state index contributed by atoms with van der Waals surface area (Å²) in [5.74, 6) is -0.239. The van der Waals surface area contributed by atoms with Gasteiger partial charge in [0.05, 0.1) is 0 Å². The number of amides is 1. The van der Waals surface area contributed by atoms with Crippen molar-refractivity contribution in [1.82, 2.24) is 0 Å². The quantitative estimate of drug-likeness (QED) is 0.777. The molecule has 1 rings (SSSR count). The molecule has 0 radical (unpaired) electrons. The average Bonchev–Trinajstić information content (AvgIpc) is 2.42. The van der Waals surface area contributed by atoms with Crippen LogP contribution in [0.1, 0.15) is 40.5 Å². The van der Waals surface area contributed by atoms with Crippen LogP contribution in [-0.4, -0.2) is 15.9 Å². The summed E-state index contributed by atoms with van der Waals surface area (Å²) in [5.41, 5.74) is 7.35. The standard InChI is InChI=1S/C11H19NOS2/c1-7-8(10(12)13)5-6-9(7)14-15-11(2,3)4/h9H,5-6H2,1-4H3,(H2,12,13). The SMILES string of the molecule is CC1=C(C(N)=O)CCC1SSC(C)(C)C. The lowest BCUT2D eigenvalue weighted by atomic mass is 10.2. The molecule has 2 N–H and O–H groups in total. The maximum atomic E-state index is 11.1. The van der Waals surface area contributed by atoms with E-state index in [1.807, 2.05) is 28.5 Å². The van der Waals surface area contributed by atoms with Crippen LogP contribution in [0.3, 0.4) is 0 Å². The van der Waals surface area contributed by atoms with E-state index >= 15 is 0 Å². The summed E-state index contributed by atoms with van der Waals surface area (Å²) in [7, 11) is 3.75. The van der Waals surface area contributed by atoms with Gasteiger partial charge in [0.1, 0.15) is 0 Å². The molecule has 0 heterocycles. The molecule has 0 aromatic rings. The third-order valence-corrected chi connectivity index (χ3v) is 6.23. The highest BCUT2D eigenvalue weighted by Gasteiger charge is 2.27. The Labute approximate surface area is 99.8 Å². The molecule has 1 aliphatic carbocycles. The molecular formula is C11H19NOS2. The summed E-state index contributed by atoms with van der Waals surface area (Å²) in [6.07, 6.45) is 1.90. The van der Waals surface area contributed by atoms with E-state index < -0.39 is 0 Å². The van der Waals surface area contributed by atoms with Crippen LogP contribution in [0.4, 0.5) is 0 Å². The highest BCUT2D eigenvalue weighted by molar-refractivity contribution is 8.77. The van der Waals surface area contributed by atoms with Crippen LogP contribution in [0, 0.1) is 0 Å². The van der Waals surface area contributed by atoms with Gasteiger partial charge in [-0.3, -0.25) is 4.79 Å². The lowest BCUT2D eigenvalue weighted by Crippen LogP contribution is -2.13. The zero-order chi connectivity index (χ0) is 11.6. The minimum absolute atomic E-state index is 0.239. The number of carbonyl (C=O) groups is 1. The van der Waals surface area contributed by atoms with Gasteiger partial charge >= 0.3 is 0 Å². The number of primary amides is 1. The molecule has 0 aliphatic heterocycles. The summed E-state index contributed by atoms with van der Waals surface area (Å²) < 4.78 is 0.264. The first-order valence-electron chi connectivity index (χ1n) is 5.15. The van der Waals surface area contributed by atoms with Crippen molar-refractivity contribution in [2.24, 2.45) is 5.73 Å². The van der Waals surface area contributed by atoms with Crippen molar-refractivity contribution in [1.29, 1.82) is 0 Å². The van der Waals surface area contributed by atoms with Crippen LogP contribution in [0.5, 0.6) is 0 Å². The molecule has 1 amide bonds. The summed E-state index contributed by atoms with van der Waals surface area (Å²) in [5, 5.41) is 0.469. The van der Waals surface area contributed by atoms with Gasteiger partial charge in [-0.1, -0.05) is 47.9 Å². The van der Waals surface area contributed by atoms with Crippen LogP contribution < -0.4 is 5.73 Å². The molecule has 0 saturated carbocycles. The van der Waals surface area contributed by atoms with Gasteiger partial charge < -0.3 is 5.73 Å². The minimum atomic E-state index is -0.239. The molecule has 1 aliphatic rings. The molecule has 0 saturated heterocycles. The Morgan fingerprint density at radius 1 is 1.47 bits per heavy atom. The van der Waals surface area contributed by atoms with Crippen LogP contribution in [0.25, 0.3) is 0 Å². The Morgan fingerprint density at radius 3 is 2.47 bits per heavy atom. The number of carbonyl (C=O) groups excluding carboxylic acids is 1. The van der Waals surface area contributed by atoms with Crippen molar-refractivity contribution < 1.29 is 4.79 Å². The van der Waals surface area contributed by atoms with Gasteiger partial charge in [-0.2, -0.15) is 0 Å². The molecule has 0 spiro atoms. The van der Waals surface area contributed by atoms with Crippen LogP contribution >= 0.6 is 21.6 Å². The first-order chi connectivity index (χ1) is 6.81. The molecule has 4 heteroatoms. The second-order valence-electron chi connectivity index (χ2n) is 4.85. The fourth-order valence-electron chi connectivity index (χ4n) is 1.52. The van der Waals surface area contributed by atoms with Gasteiger partial charge in [-0.15, -0.1) is 0 Å². The Hall–Kier alpha value is -0.0900. The fourth-order valence-corrected chi connectivity index (χ4v) is 4.37. The van der Waals surface area contributed by atoms with Gasteiger partial charge in [-0.25, -0.2) is 0 Å². The molecule has 0 bridgehead atoms. The van der Waals surface area contributed by atoms with E-state index in [1.54, 1.807) is 0 Å². The fraction of sp³-hybridized carbons (Fsp3) is 0.727. The highest BCUT2D eigenvalue weighted by atomic mass is 33.1. The maximum absolute atomic E-state index is 11.1. The summed E-state index contributed by atoms with van der Waals surface area (Å²) >= 11 is 0. The predicted octanol–water partition coefficient (Wildman–Crippen LogP) is 3.13. The molecule has 1 atom stereocenters. The Bertz CT molecular complexity index is 291. The van der Waals surface area contributed by atoms with Gasteiger partial charge in [0, 0.05) is 15.6 Å². The third-order valence-electron chi connectivity index (χ3n) is 2.33. The molecule has 15 heavy (non-hydrogen) atoms. The molecule has 86 valence electrons. The third kappa shape index (κ3) is 3.76. The number of hydrogen-bond acceptors (Lipinski definition) is 3. The van der Waals surface area contributed by atoms with E-state index in [0.717, 1.165) is 18.4 Å². The molecule has 1 unspecified atom stereocenters. The zero-order valence-electron chi connectivity index (χ0n) is 9.79. The average molecular weight is 245 g/mol. The van der Waals surface area contributed by atoms with Crippen LogP contribution in [-0.2, 0) is 4.79 Å². The summed E-state index contributed by atoms with van der Waals surface area (Å²) in [6, 6.07) is 0. The largest absolute Gasteiger partial charge is 0.366 e. The molecule has 2 nitrogen and oxygen atoms in total. The monoisotopic (exact) mass is 245 g/mol. The van der Waals surface area contributed by atoms with E-state index in [2.05, 4.69) is 20.8 Å². The molecule has 0 fully saturated rings. The minimum Gasteiger partial charge on any atom is -0.366 e. The summed E-state index contributed by atoms with van der Waals surface area (Å²) in [6.45, 7) is 8.64. The van der Waals surface area contributed by atoms with Gasteiger partial charge in [-0.05, 0) is 19.8 Å². The molecule has 0 aromatic carbocycles. The second-order valence-corrected chi connectivity index (χ2v) is 8.08. The van der Waals surface area contributed by atoms with Gasteiger partial charge in [0.2, 0.25) is 5.91 Å². The molecular weight excluding hydrogens is 226 g/mol. The zero-order valence-corrected chi connectivity index (χ0v) is 11.4. The van der Waals surface area contributed by atoms with Crippen LogP contribution in [0.15, 0.2) is 11.1 Å². The topological polar surface area (TPSA) is 43.1 Å². The number of hydrogen-bond donors (Lipinski definition) is 1. The van der Waals surface area contributed by atoms with E-state index in [1.165, 1.54) is 5.57 Å². The Kier molecular flexibility index (Phi) is 4.18. The van der Waals surface area contributed by atoms with Crippen molar-refractivity contribution in [2.45, 2.75) is 50.5 Å². The van der Waals surface area contributed by atoms with Crippen LogP contribution in [0.2, 0.25) is 0 Å². The first kappa shape index (κ1) is 13.0. The van der Waals surface area contributed by atoms with Crippen molar-refractivity contribution in [2.75, 3.05) is 0 Å². The van der Waals surface area contributed by atoms with E-state index in [4.69, 9.17) is 5.73 Å². The Balaban J connectivity index is 2.57. The first-order valence-corrected chi connectivity index (χ1v) is 7.36. The van der Waals surface area contributed by atoms with Gasteiger partial charge in [0.15, 0.2) is 0 Å². The maximum Gasteiger partial charge on any atom is 0.244 e. The number of nitrogens with two attached hydrogens (primary N) is 1. The van der Waals surface area contributed by atoms with Crippen molar-refractivity contribution in [3.63, 3.8) is 0 Å². The van der Waals surface area contributed by atoms with Crippen molar-refractivity contribution >= 4 is 27.5 Å². The normalized spacial score (nSPS) is 22.3. The summed E-state index contributed by atoms with van der Waals surface area (Å²) in [4.78, 5) is 11.1. The smallest absolute Gasteiger partial charge is 0.244 e. The van der Waals surface area contributed by atoms with Crippen molar-refractivity contribution in [3.8, 4) is 0 Å². The predicted molar refractivity (Wildman–Crippen MR) is 69.9 cm³/mol. The molecule has 0 aromatic heterocycles. The lowest BCUT2D eigenvalue weighted by molar-refractivity contribution is -0.114. The van der Waals surface area contributed by atoms with Gasteiger partial charge in [0.25, 0.3) is 0 Å². The van der Waals surface area contributed by atoms with E-state index in [9.17, 15) is 4.79 Å². The van der Waals surface area contributed by atoms with E-state index in [-0.39, 0.29) is 10.7 Å². The highest BCUT2D eigenvalue weighted by Crippen LogP contribution is 2.45. The second kappa shape index (κ2) is 4.83. The lowest BCUT2D eigenvalue weighted by Gasteiger charge is -2.20.